The van der Waals surface area contributed by atoms with Crippen LogP contribution >= 0.6 is 0 Å². The highest BCUT2D eigenvalue weighted by Gasteiger charge is 2.25. The molecule has 0 aliphatic carbocycles. The van der Waals surface area contributed by atoms with Gasteiger partial charge in [-0.25, -0.2) is 9.37 Å². The van der Waals surface area contributed by atoms with Crippen molar-refractivity contribution in [1.82, 2.24) is 9.88 Å². The van der Waals surface area contributed by atoms with Gasteiger partial charge in [0.2, 0.25) is 0 Å². The van der Waals surface area contributed by atoms with Crippen molar-refractivity contribution in [2.75, 3.05) is 37.7 Å². The molecular formula is C25H28FN3O2. The average Bonchev–Trinajstić information content (AvgIpc) is 2.76. The van der Waals surface area contributed by atoms with Gasteiger partial charge >= 0.3 is 0 Å². The minimum atomic E-state index is -0.339. The maximum Gasteiger partial charge on any atom is 0.272 e. The van der Waals surface area contributed by atoms with Gasteiger partial charge in [0, 0.05) is 43.3 Å². The van der Waals surface area contributed by atoms with Crippen molar-refractivity contribution in [1.29, 1.82) is 0 Å². The zero-order valence-corrected chi connectivity index (χ0v) is 18.5. The second-order valence-corrected chi connectivity index (χ2v) is 8.06. The van der Waals surface area contributed by atoms with Crippen LogP contribution in [0.1, 0.15) is 34.1 Å². The maximum atomic E-state index is 13.9. The summed E-state index contributed by atoms with van der Waals surface area (Å²) >= 11 is 0. The lowest BCUT2D eigenvalue weighted by molar-refractivity contribution is 0.0741. The summed E-state index contributed by atoms with van der Waals surface area (Å²) in [6.45, 7) is 11.1. The molecule has 3 aromatic rings. The van der Waals surface area contributed by atoms with E-state index in [-0.39, 0.29) is 11.7 Å². The van der Waals surface area contributed by atoms with Crippen LogP contribution in [0.25, 0.3) is 10.9 Å². The summed E-state index contributed by atoms with van der Waals surface area (Å²) in [7, 11) is 0. The molecule has 162 valence electrons. The van der Waals surface area contributed by atoms with Gasteiger partial charge in [-0.15, -0.1) is 0 Å². The summed E-state index contributed by atoms with van der Waals surface area (Å²) in [5.41, 5.74) is 5.40. The van der Waals surface area contributed by atoms with E-state index in [4.69, 9.17) is 4.74 Å². The molecule has 0 saturated carbocycles. The van der Waals surface area contributed by atoms with Gasteiger partial charge in [0.25, 0.3) is 5.91 Å². The van der Waals surface area contributed by atoms with Gasteiger partial charge in [-0.1, -0.05) is 12.1 Å². The maximum absolute atomic E-state index is 13.9. The average molecular weight is 422 g/mol. The third-order valence-corrected chi connectivity index (χ3v) is 6.03. The fourth-order valence-electron chi connectivity index (χ4n) is 4.20. The number of hydrogen-bond donors (Lipinski definition) is 0. The molecule has 1 aromatic heterocycles. The molecular weight excluding hydrogens is 393 g/mol. The zero-order valence-electron chi connectivity index (χ0n) is 18.5. The number of ether oxygens (including phenoxy) is 1. The highest BCUT2D eigenvalue weighted by Crippen LogP contribution is 2.30. The molecule has 4 rings (SSSR count). The summed E-state index contributed by atoms with van der Waals surface area (Å²) in [5, 5.41) is 0.593. The van der Waals surface area contributed by atoms with E-state index in [2.05, 4.69) is 41.9 Å². The van der Waals surface area contributed by atoms with Gasteiger partial charge in [0.1, 0.15) is 17.3 Å². The number of benzene rings is 2. The summed E-state index contributed by atoms with van der Waals surface area (Å²) in [4.78, 5) is 22.0. The number of fused-ring (bicyclic) bond motifs is 1. The lowest BCUT2D eigenvalue weighted by Gasteiger charge is -2.37. The highest BCUT2D eigenvalue weighted by atomic mass is 19.1. The van der Waals surface area contributed by atoms with Crippen LogP contribution in [0.4, 0.5) is 10.1 Å². The van der Waals surface area contributed by atoms with Gasteiger partial charge in [-0.05, 0) is 62.6 Å². The number of carbonyl (C=O) groups excluding carboxylic acids is 1. The van der Waals surface area contributed by atoms with Crippen LogP contribution in [-0.2, 0) is 0 Å². The number of halogens is 1. The molecule has 6 heteroatoms. The molecule has 2 heterocycles. The van der Waals surface area contributed by atoms with Crippen molar-refractivity contribution >= 4 is 22.5 Å². The van der Waals surface area contributed by atoms with Crippen molar-refractivity contribution in [2.45, 2.75) is 27.7 Å². The van der Waals surface area contributed by atoms with E-state index in [0.29, 0.717) is 47.6 Å². The summed E-state index contributed by atoms with van der Waals surface area (Å²) < 4.78 is 19.7. The number of aryl methyl sites for hydroxylation is 2. The van der Waals surface area contributed by atoms with Crippen LogP contribution in [0.2, 0.25) is 0 Å². The molecule has 1 fully saturated rings. The zero-order chi connectivity index (χ0) is 22.1. The Kier molecular flexibility index (Phi) is 5.81. The van der Waals surface area contributed by atoms with E-state index in [1.54, 1.807) is 13.0 Å². The first-order valence-corrected chi connectivity index (χ1v) is 10.7. The number of anilines is 1. The lowest BCUT2D eigenvalue weighted by atomic mass is 10.1. The van der Waals surface area contributed by atoms with E-state index in [1.165, 1.54) is 28.9 Å². The third kappa shape index (κ3) is 4.07. The minimum Gasteiger partial charge on any atom is -0.493 e. The van der Waals surface area contributed by atoms with Crippen LogP contribution in [0.3, 0.4) is 0 Å². The molecule has 0 N–H and O–H groups in total. The van der Waals surface area contributed by atoms with Crippen LogP contribution in [0, 0.1) is 26.6 Å². The Bertz CT molecular complexity index is 1140. The van der Waals surface area contributed by atoms with Crippen LogP contribution in [0.5, 0.6) is 5.75 Å². The molecule has 0 unspecified atom stereocenters. The van der Waals surface area contributed by atoms with E-state index in [0.717, 1.165) is 13.1 Å². The Morgan fingerprint density at radius 3 is 2.52 bits per heavy atom. The molecule has 0 atom stereocenters. The van der Waals surface area contributed by atoms with Gasteiger partial charge in [-0.2, -0.15) is 0 Å². The third-order valence-electron chi connectivity index (χ3n) is 6.03. The number of aromatic nitrogens is 1. The van der Waals surface area contributed by atoms with E-state index < -0.39 is 0 Å². The van der Waals surface area contributed by atoms with Gasteiger partial charge in [0.05, 0.1) is 12.1 Å². The Hall–Kier alpha value is -3.15. The first-order chi connectivity index (χ1) is 14.9. The highest BCUT2D eigenvalue weighted by molar-refractivity contribution is 5.98. The standard InChI is InChI=1S/C25H28FN3O2/c1-5-31-23-15-21(27-24-17(3)13-19(26)14-20(23)24)25(30)29-11-9-28(10-12-29)22-8-6-7-16(2)18(22)4/h6-8,13-15H,5,9-12H2,1-4H3. The lowest BCUT2D eigenvalue weighted by Crippen LogP contribution is -2.49. The molecule has 1 aliphatic heterocycles. The molecule has 5 nitrogen and oxygen atoms in total. The van der Waals surface area contributed by atoms with Gasteiger partial charge in [-0.3, -0.25) is 4.79 Å². The van der Waals surface area contributed by atoms with Crippen molar-refractivity contribution in [3.05, 3.63) is 64.6 Å². The topological polar surface area (TPSA) is 45.7 Å². The van der Waals surface area contributed by atoms with Crippen LogP contribution in [-0.4, -0.2) is 48.6 Å². The normalized spacial score (nSPS) is 14.2. The van der Waals surface area contributed by atoms with E-state index in [1.807, 2.05) is 11.8 Å². The molecule has 31 heavy (non-hydrogen) atoms. The monoisotopic (exact) mass is 421 g/mol. The molecule has 2 aromatic carbocycles. The van der Waals surface area contributed by atoms with Crippen molar-refractivity contribution in [3.8, 4) is 5.75 Å². The van der Waals surface area contributed by atoms with Gasteiger partial charge in [0.15, 0.2) is 0 Å². The minimum absolute atomic E-state index is 0.118. The Morgan fingerprint density at radius 2 is 1.81 bits per heavy atom. The number of nitrogens with zero attached hydrogens (tertiary/aromatic N) is 3. The number of piperazine rings is 1. The van der Waals surface area contributed by atoms with Crippen LogP contribution < -0.4 is 9.64 Å². The molecule has 1 amide bonds. The second-order valence-electron chi connectivity index (χ2n) is 8.06. The quantitative estimate of drug-likeness (QED) is 0.615. The first kappa shape index (κ1) is 21.1. The van der Waals surface area contributed by atoms with Crippen molar-refractivity contribution in [3.63, 3.8) is 0 Å². The van der Waals surface area contributed by atoms with Crippen LogP contribution in [0.15, 0.2) is 36.4 Å². The predicted molar refractivity (Wildman–Crippen MR) is 122 cm³/mol. The smallest absolute Gasteiger partial charge is 0.272 e. The number of carbonyl (C=O) groups is 1. The first-order valence-electron chi connectivity index (χ1n) is 10.7. The number of rotatable bonds is 4. The fourth-order valence-corrected chi connectivity index (χ4v) is 4.20. The molecule has 1 aliphatic rings. The molecule has 1 saturated heterocycles. The summed E-state index contributed by atoms with van der Waals surface area (Å²) in [6.07, 6.45) is 0. The van der Waals surface area contributed by atoms with Gasteiger partial charge < -0.3 is 14.5 Å². The number of hydrogen-bond acceptors (Lipinski definition) is 4. The Balaban J connectivity index is 1.58. The largest absolute Gasteiger partial charge is 0.493 e. The summed E-state index contributed by atoms with van der Waals surface area (Å²) in [6, 6.07) is 10.8. The second kappa shape index (κ2) is 8.53. The molecule has 0 radical (unpaired) electrons. The van der Waals surface area contributed by atoms with E-state index >= 15 is 0 Å². The fraction of sp³-hybridized carbons (Fsp3) is 0.360. The molecule has 0 bridgehead atoms. The Morgan fingerprint density at radius 1 is 1.06 bits per heavy atom. The van der Waals surface area contributed by atoms with Crippen molar-refractivity contribution in [2.24, 2.45) is 0 Å². The molecule has 0 spiro atoms. The van der Waals surface area contributed by atoms with Crippen molar-refractivity contribution < 1.29 is 13.9 Å². The van der Waals surface area contributed by atoms with E-state index in [9.17, 15) is 9.18 Å². The Labute approximate surface area is 182 Å². The predicted octanol–water partition coefficient (Wildman–Crippen LogP) is 4.66. The SMILES string of the molecule is CCOc1cc(C(=O)N2CCN(c3cccc(C)c3C)CC2)nc2c(C)cc(F)cc12. The summed E-state index contributed by atoms with van der Waals surface area (Å²) in [5.74, 6) is 0.0362. The number of pyridine rings is 1. The number of amides is 1.